The van der Waals surface area contributed by atoms with Crippen LogP contribution in [0, 0.1) is 0 Å². The normalized spacial score (nSPS) is 26.0. The minimum absolute atomic E-state index is 0.255. The van der Waals surface area contributed by atoms with Gasteiger partial charge in [0.05, 0.1) is 5.03 Å². The molecule has 0 saturated heterocycles. The summed E-state index contributed by atoms with van der Waals surface area (Å²) in [5.41, 5.74) is -0.420. The fourth-order valence-electron chi connectivity index (χ4n) is 0.519. The molecule has 1 rings (SSSR count). The van der Waals surface area contributed by atoms with E-state index in [0.717, 1.165) is 4.42 Å². The predicted octanol–water partition coefficient (Wildman–Crippen LogP) is 3.22. The third-order valence-corrected chi connectivity index (χ3v) is 2.70. The highest BCUT2D eigenvalue weighted by Crippen LogP contribution is 2.29. The van der Waals surface area contributed by atoms with E-state index >= 15 is 0 Å². The van der Waals surface area contributed by atoms with Gasteiger partial charge in [-0.15, -0.1) is 0 Å². The maximum absolute atomic E-state index is 5.66. The van der Waals surface area contributed by atoms with E-state index in [1.54, 1.807) is 12.2 Å². The molecule has 1 aliphatic rings. The molecule has 0 N–H and O–H groups in total. The van der Waals surface area contributed by atoms with Gasteiger partial charge in [0.15, 0.2) is 0 Å². The van der Waals surface area contributed by atoms with Crippen molar-refractivity contribution in [1.29, 1.82) is 0 Å². The molecule has 1 heterocycles. The van der Waals surface area contributed by atoms with Gasteiger partial charge in [0.1, 0.15) is 10.7 Å². The van der Waals surface area contributed by atoms with Gasteiger partial charge in [-0.1, -0.05) is 34.8 Å². The summed E-state index contributed by atoms with van der Waals surface area (Å²) in [6.07, 6.45) is 3.25. The quantitative estimate of drug-likeness (QED) is 0.343. The molecular weight excluding hydrogens is 216 g/mol. The van der Waals surface area contributed by atoms with Crippen molar-refractivity contribution in [1.82, 2.24) is 4.42 Å². The third kappa shape index (κ3) is 1.54. The predicted molar refractivity (Wildman–Crippen MR) is 45.2 cm³/mol. The molecule has 0 aromatic heterocycles. The lowest BCUT2D eigenvalue weighted by Crippen LogP contribution is -2.19. The van der Waals surface area contributed by atoms with E-state index < -0.39 is 5.50 Å². The first kappa shape index (κ1) is 8.54. The number of halogens is 4. The second kappa shape index (κ2) is 3.22. The van der Waals surface area contributed by atoms with Gasteiger partial charge in [-0.05, 0) is 12.2 Å². The van der Waals surface area contributed by atoms with Crippen molar-refractivity contribution >= 4 is 46.6 Å². The van der Waals surface area contributed by atoms with Gasteiger partial charge >= 0.3 is 0 Å². The molecule has 0 aliphatic carbocycles. The zero-order valence-corrected chi connectivity index (χ0v) is 7.71. The molecule has 0 saturated carbocycles. The van der Waals surface area contributed by atoms with Gasteiger partial charge in [-0.3, -0.25) is 4.42 Å². The Morgan fingerprint density at radius 1 is 1.40 bits per heavy atom. The lowest BCUT2D eigenvalue weighted by atomic mass is 10.4. The zero-order chi connectivity index (χ0) is 7.72. The third-order valence-electron chi connectivity index (χ3n) is 1.00. The van der Waals surface area contributed by atoms with Crippen LogP contribution < -0.4 is 0 Å². The van der Waals surface area contributed by atoms with Crippen molar-refractivity contribution in [3.63, 3.8) is 0 Å². The monoisotopic (exact) mass is 217 g/mol. The average molecular weight is 219 g/mol. The Balaban J connectivity index is 2.88. The average Bonchev–Trinajstić information content (AvgIpc) is 1.93. The van der Waals surface area contributed by atoms with Gasteiger partial charge < -0.3 is 0 Å². The molecule has 5 heteroatoms. The lowest BCUT2D eigenvalue weighted by molar-refractivity contribution is 0.601. The summed E-state index contributed by atoms with van der Waals surface area (Å²) >= 11 is 22.5. The molecule has 1 nitrogen and oxygen atoms in total. The van der Waals surface area contributed by atoms with Gasteiger partial charge in [-0.2, -0.15) is 0 Å². The standard InChI is InChI=1S/C5H3Cl4N/c6-3-1-2-4(7)10(9)5(3)8/h1-2,4H. The first-order valence-electron chi connectivity index (χ1n) is 2.45. The number of nitrogens with zero attached hydrogens (tertiary/aromatic N) is 1. The number of alkyl halides is 1. The Kier molecular flexibility index (Phi) is 2.75. The first-order chi connectivity index (χ1) is 4.63. The van der Waals surface area contributed by atoms with Crippen LogP contribution in [-0.2, 0) is 0 Å². The molecule has 0 radical (unpaired) electrons. The molecule has 10 heavy (non-hydrogen) atoms. The van der Waals surface area contributed by atoms with E-state index in [0.29, 0.717) is 5.03 Å². The molecule has 0 spiro atoms. The van der Waals surface area contributed by atoms with Crippen molar-refractivity contribution in [3.05, 3.63) is 22.3 Å². The van der Waals surface area contributed by atoms with Crippen LogP contribution in [-0.4, -0.2) is 9.92 Å². The summed E-state index contributed by atoms with van der Waals surface area (Å²) in [7, 11) is 0. The van der Waals surface area contributed by atoms with Crippen LogP contribution in [0.3, 0.4) is 0 Å². The zero-order valence-electron chi connectivity index (χ0n) is 4.69. The Morgan fingerprint density at radius 2 is 2.00 bits per heavy atom. The Morgan fingerprint density at radius 3 is 2.50 bits per heavy atom. The maximum Gasteiger partial charge on any atom is 0.139 e. The first-order valence-corrected chi connectivity index (χ1v) is 3.98. The molecule has 0 aromatic carbocycles. The highest BCUT2D eigenvalue weighted by atomic mass is 35.5. The van der Waals surface area contributed by atoms with Crippen molar-refractivity contribution in [2.75, 3.05) is 0 Å². The van der Waals surface area contributed by atoms with E-state index in [1.807, 2.05) is 0 Å². The van der Waals surface area contributed by atoms with Crippen LogP contribution in [0.2, 0.25) is 0 Å². The summed E-state index contributed by atoms with van der Waals surface area (Å²) in [5.74, 6) is 0. The van der Waals surface area contributed by atoms with Crippen LogP contribution >= 0.6 is 46.6 Å². The molecule has 1 atom stereocenters. The van der Waals surface area contributed by atoms with Crippen molar-refractivity contribution in [2.24, 2.45) is 0 Å². The fourth-order valence-corrected chi connectivity index (χ4v) is 1.27. The summed E-state index contributed by atoms with van der Waals surface area (Å²) in [6.45, 7) is 0. The largest absolute Gasteiger partial charge is 0.251 e. The molecule has 1 aliphatic heterocycles. The second-order valence-corrected chi connectivity index (χ2v) is 3.26. The van der Waals surface area contributed by atoms with Crippen molar-refractivity contribution < 1.29 is 0 Å². The van der Waals surface area contributed by atoms with E-state index in [1.165, 1.54) is 0 Å². The van der Waals surface area contributed by atoms with E-state index in [2.05, 4.69) is 0 Å². The molecule has 0 aromatic rings. The number of allylic oxidation sites excluding steroid dienone is 2. The summed E-state index contributed by atoms with van der Waals surface area (Å²) < 4.78 is 1.16. The SMILES string of the molecule is ClC1=C(Cl)N(Cl)C(Cl)C=C1. The summed E-state index contributed by atoms with van der Waals surface area (Å²) in [6, 6.07) is 0. The number of rotatable bonds is 0. The van der Waals surface area contributed by atoms with Gasteiger partial charge in [0.25, 0.3) is 0 Å². The van der Waals surface area contributed by atoms with E-state index in [9.17, 15) is 0 Å². The van der Waals surface area contributed by atoms with Crippen LogP contribution in [0.4, 0.5) is 0 Å². The topological polar surface area (TPSA) is 3.24 Å². The minimum Gasteiger partial charge on any atom is -0.251 e. The van der Waals surface area contributed by atoms with Gasteiger partial charge in [0.2, 0.25) is 0 Å². The highest BCUT2D eigenvalue weighted by Gasteiger charge is 2.18. The Bertz CT molecular complexity index is 198. The molecule has 1 unspecified atom stereocenters. The maximum atomic E-state index is 5.66. The lowest BCUT2D eigenvalue weighted by Gasteiger charge is -2.21. The van der Waals surface area contributed by atoms with Crippen molar-refractivity contribution in [3.8, 4) is 0 Å². The van der Waals surface area contributed by atoms with E-state index in [-0.39, 0.29) is 5.16 Å². The Hall–Kier alpha value is 0.440. The molecular formula is C5H3Cl4N. The van der Waals surface area contributed by atoms with Crippen LogP contribution in [0.15, 0.2) is 22.3 Å². The van der Waals surface area contributed by atoms with Crippen molar-refractivity contribution in [2.45, 2.75) is 5.50 Å². The Labute approximate surface area is 78.9 Å². The van der Waals surface area contributed by atoms with E-state index in [4.69, 9.17) is 46.6 Å². The van der Waals surface area contributed by atoms with Crippen LogP contribution in [0.1, 0.15) is 0 Å². The summed E-state index contributed by atoms with van der Waals surface area (Å²) in [4.78, 5) is 0. The van der Waals surface area contributed by atoms with Crippen LogP contribution in [0.25, 0.3) is 0 Å². The molecule has 0 amide bonds. The second-order valence-electron chi connectivity index (χ2n) is 1.68. The fraction of sp³-hybridized carbons (Fsp3) is 0.200. The minimum atomic E-state index is -0.420. The number of hydrogen-bond donors (Lipinski definition) is 0. The smallest absolute Gasteiger partial charge is 0.139 e. The summed E-state index contributed by atoms with van der Waals surface area (Å²) in [5, 5.41) is 0.652. The molecule has 0 fully saturated rings. The number of hydrogen-bond acceptors (Lipinski definition) is 1. The van der Waals surface area contributed by atoms with Crippen LogP contribution in [0.5, 0.6) is 0 Å². The molecule has 0 bridgehead atoms. The van der Waals surface area contributed by atoms with Gasteiger partial charge in [-0.25, -0.2) is 0 Å². The highest BCUT2D eigenvalue weighted by molar-refractivity contribution is 6.43. The van der Waals surface area contributed by atoms with Gasteiger partial charge in [0, 0.05) is 11.8 Å². The molecule has 56 valence electrons.